The molecule has 3 aromatic rings. The van der Waals surface area contributed by atoms with Crippen molar-refractivity contribution in [1.82, 2.24) is 24.8 Å². The Kier molecular flexibility index (Phi) is 10.7. The molecule has 9 nitrogen and oxygen atoms in total. The van der Waals surface area contributed by atoms with E-state index < -0.39 is 6.04 Å². The van der Waals surface area contributed by atoms with Crippen LogP contribution in [0.4, 0.5) is 11.6 Å². The first kappa shape index (κ1) is 30.3. The van der Waals surface area contributed by atoms with E-state index in [1.54, 1.807) is 16.8 Å². The largest absolute Gasteiger partial charge is 0.384 e. The van der Waals surface area contributed by atoms with Gasteiger partial charge in [0, 0.05) is 48.5 Å². The first-order chi connectivity index (χ1) is 16.5. The third-order valence-electron chi connectivity index (χ3n) is 6.69. The predicted octanol–water partition coefficient (Wildman–Crippen LogP) is 3.14. The van der Waals surface area contributed by atoms with E-state index in [2.05, 4.69) is 32.7 Å². The second-order valence-electron chi connectivity index (χ2n) is 8.96. The molecule has 0 saturated heterocycles. The van der Waals surface area contributed by atoms with Crippen LogP contribution in [0.15, 0.2) is 35.3 Å². The number of aryl methyl sites for hydroxylation is 4. The normalized spacial score (nSPS) is 14.9. The van der Waals surface area contributed by atoms with Gasteiger partial charge in [-0.2, -0.15) is 0 Å². The van der Waals surface area contributed by atoms with E-state index >= 15 is 0 Å². The molecule has 4 heterocycles. The average molecular weight is 569 g/mol. The number of pyridine rings is 2. The summed E-state index contributed by atoms with van der Waals surface area (Å²) in [5.74, 6) is 0.531. The van der Waals surface area contributed by atoms with Crippen molar-refractivity contribution in [2.24, 2.45) is 0 Å². The van der Waals surface area contributed by atoms with Crippen molar-refractivity contribution in [1.29, 1.82) is 0 Å². The molecule has 5 rings (SSSR count). The fourth-order valence-electron chi connectivity index (χ4n) is 4.82. The summed E-state index contributed by atoms with van der Waals surface area (Å²) >= 11 is 0. The fraction of sp³-hybridized carbons (Fsp3) is 0.400. The van der Waals surface area contributed by atoms with E-state index in [0.717, 1.165) is 35.5 Å². The minimum Gasteiger partial charge on any atom is -0.384 e. The smallest absolute Gasteiger partial charge is 0.294 e. The topological polar surface area (TPSA) is 128 Å². The minimum absolute atomic E-state index is 0. The van der Waals surface area contributed by atoms with Crippen LogP contribution in [0.1, 0.15) is 52.8 Å². The Hall–Kier alpha value is -2.88. The number of nitrogens with one attached hydrogen (secondary N) is 2. The number of carbonyl (C=O) groups is 1. The van der Waals surface area contributed by atoms with Crippen molar-refractivity contribution in [3.63, 3.8) is 0 Å². The summed E-state index contributed by atoms with van der Waals surface area (Å²) in [4.78, 5) is 39.4. The fourth-order valence-corrected chi connectivity index (χ4v) is 4.82. The summed E-state index contributed by atoms with van der Waals surface area (Å²) in [5, 5.41) is 6.10. The Morgan fingerprint density at radius 1 is 1.11 bits per heavy atom. The summed E-state index contributed by atoms with van der Waals surface area (Å²) in [6.45, 7) is 2.74. The van der Waals surface area contributed by atoms with Gasteiger partial charge >= 0.3 is 0 Å². The third-order valence-corrected chi connectivity index (χ3v) is 6.69. The molecule has 0 fully saturated rings. The van der Waals surface area contributed by atoms with E-state index in [1.807, 2.05) is 13.0 Å². The lowest BCUT2D eigenvalue weighted by Gasteiger charge is -2.16. The lowest BCUT2D eigenvalue weighted by molar-refractivity contribution is -0.124. The number of carbonyl (C=O) groups excluding carboxylic acids is 1. The number of fused-ring (bicyclic) bond motifs is 2. The van der Waals surface area contributed by atoms with Crippen LogP contribution in [0.5, 0.6) is 0 Å². The van der Waals surface area contributed by atoms with Gasteiger partial charge in [0.05, 0.1) is 0 Å². The molecule has 0 unspecified atom stereocenters. The molecule has 200 valence electrons. The first-order valence-electron chi connectivity index (χ1n) is 11.8. The quantitative estimate of drug-likeness (QED) is 0.399. The van der Waals surface area contributed by atoms with E-state index in [1.165, 1.54) is 17.7 Å². The number of hydrogen-bond acceptors (Lipinski definition) is 7. The van der Waals surface area contributed by atoms with E-state index in [4.69, 9.17) is 10.7 Å². The second-order valence-corrected chi connectivity index (χ2v) is 8.96. The molecule has 1 atom stereocenters. The van der Waals surface area contributed by atoms with Crippen molar-refractivity contribution < 1.29 is 4.79 Å². The molecular formula is C25H32Cl3N7O2. The summed E-state index contributed by atoms with van der Waals surface area (Å²) in [5.41, 5.74) is 11.5. The molecule has 3 aromatic heterocycles. The summed E-state index contributed by atoms with van der Waals surface area (Å²) in [6, 6.07) is 7.25. The highest BCUT2D eigenvalue weighted by molar-refractivity contribution is 5.86. The van der Waals surface area contributed by atoms with Crippen LogP contribution in [0.2, 0.25) is 0 Å². The van der Waals surface area contributed by atoms with Crippen LogP contribution < -0.4 is 21.9 Å². The van der Waals surface area contributed by atoms with E-state index in [0.29, 0.717) is 38.2 Å². The highest BCUT2D eigenvalue weighted by atomic mass is 35.5. The Morgan fingerprint density at radius 3 is 2.70 bits per heavy atom. The number of aromatic nitrogens is 4. The molecule has 0 spiro atoms. The first-order valence-corrected chi connectivity index (χ1v) is 11.8. The monoisotopic (exact) mass is 567 g/mol. The number of nitrogens with zero attached hydrogens (tertiary/aromatic N) is 4. The zero-order valence-corrected chi connectivity index (χ0v) is 23.0. The van der Waals surface area contributed by atoms with Crippen LogP contribution >= 0.6 is 37.2 Å². The van der Waals surface area contributed by atoms with Crippen LogP contribution in [0.25, 0.3) is 0 Å². The zero-order valence-electron chi connectivity index (χ0n) is 20.5. The highest BCUT2D eigenvalue weighted by Crippen LogP contribution is 2.24. The maximum atomic E-state index is 13.2. The summed E-state index contributed by atoms with van der Waals surface area (Å²) in [6.07, 6.45) is 6.94. The van der Waals surface area contributed by atoms with Crippen molar-refractivity contribution in [2.75, 3.05) is 17.6 Å². The highest BCUT2D eigenvalue weighted by Gasteiger charge is 2.30. The van der Waals surface area contributed by atoms with Crippen LogP contribution in [0, 0.1) is 6.92 Å². The Bertz CT molecular complexity index is 1320. The van der Waals surface area contributed by atoms with Crippen LogP contribution in [-0.2, 0) is 37.0 Å². The van der Waals surface area contributed by atoms with Crippen molar-refractivity contribution in [3.05, 3.63) is 74.7 Å². The minimum atomic E-state index is -0.550. The number of nitrogen functional groups attached to an aromatic ring is 1. The third kappa shape index (κ3) is 6.52. The molecule has 0 radical (unpaired) electrons. The number of amides is 1. The molecule has 12 heteroatoms. The molecule has 37 heavy (non-hydrogen) atoms. The molecule has 1 aliphatic carbocycles. The SMILES string of the molecule is Cc1nc(N)ccc1CNC(=O)[C@@H]1CCc2cnc(NCCc3ccc4c(n3)CCC4)c(=O)n21.Cl.Cl.Cl. The van der Waals surface area contributed by atoms with E-state index in [-0.39, 0.29) is 54.5 Å². The van der Waals surface area contributed by atoms with Crippen LogP contribution in [0.3, 0.4) is 0 Å². The molecule has 2 aliphatic rings. The Labute approximate surface area is 234 Å². The van der Waals surface area contributed by atoms with Crippen molar-refractivity contribution >= 4 is 54.8 Å². The molecular weight excluding hydrogens is 537 g/mol. The number of rotatable bonds is 7. The molecule has 1 amide bonds. The predicted molar refractivity (Wildman–Crippen MR) is 151 cm³/mol. The average Bonchev–Trinajstić information content (AvgIpc) is 3.47. The van der Waals surface area contributed by atoms with E-state index in [9.17, 15) is 9.59 Å². The number of nitrogens with two attached hydrogens (primary N) is 1. The van der Waals surface area contributed by atoms with Gasteiger partial charge in [-0.1, -0.05) is 12.1 Å². The van der Waals surface area contributed by atoms with Gasteiger partial charge in [0.25, 0.3) is 5.56 Å². The van der Waals surface area contributed by atoms with Gasteiger partial charge in [-0.3, -0.25) is 19.1 Å². The maximum absolute atomic E-state index is 13.2. The van der Waals surface area contributed by atoms with Crippen molar-refractivity contribution in [3.8, 4) is 0 Å². The number of hydrogen-bond donors (Lipinski definition) is 3. The van der Waals surface area contributed by atoms with Gasteiger partial charge in [-0.05, 0) is 62.3 Å². The van der Waals surface area contributed by atoms with Gasteiger partial charge in [0.2, 0.25) is 5.91 Å². The molecule has 0 saturated carbocycles. The van der Waals surface area contributed by atoms with Crippen molar-refractivity contribution in [2.45, 2.75) is 58.0 Å². The van der Waals surface area contributed by atoms with Gasteiger partial charge in [-0.25, -0.2) is 9.97 Å². The summed E-state index contributed by atoms with van der Waals surface area (Å²) < 4.78 is 1.58. The standard InChI is InChI=1S/C25H29N7O2.3ClH/c1-15-17(6-10-22(26)30-15)13-29-24(33)21-9-8-19-14-28-23(25(34)32(19)21)27-12-11-18-7-5-16-3-2-4-20(16)31-18;;;/h5-7,10,14,21H,2-4,8-9,11-13H2,1H3,(H2,26,30)(H,27,28)(H,29,33);3*1H/t21-;;;/m0.../s1. The number of halogens is 3. The van der Waals surface area contributed by atoms with Crippen LogP contribution in [-0.4, -0.2) is 32.0 Å². The molecule has 1 aliphatic heterocycles. The lowest BCUT2D eigenvalue weighted by Crippen LogP contribution is -2.36. The second kappa shape index (κ2) is 13.1. The zero-order chi connectivity index (χ0) is 23.7. The molecule has 4 N–H and O–H groups in total. The van der Waals surface area contributed by atoms with Gasteiger partial charge in [0.1, 0.15) is 11.9 Å². The molecule has 0 bridgehead atoms. The Balaban J connectivity index is 0.00000160. The lowest BCUT2D eigenvalue weighted by atomic mass is 10.1. The van der Waals surface area contributed by atoms with Gasteiger partial charge < -0.3 is 16.4 Å². The maximum Gasteiger partial charge on any atom is 0.294 e. The van der Waals surface area contributed by atoms with Gasteiger partial charge in [0.15, 0.2) is 5.82 Å². The number of anilines is 2. The van der Waals surface area contributed by atoms with Gasteiger partial charge in [-0.15, -0.1) is 37.2 Å². The Morgan fingerprint density at radius 2 is 1.92 bits per heavy atom. The summed E-state index contributed by atoms with van der Waals surface area (Å²) in [7, 11) is 0. The molecule has 0 aromatic carbocycles.